The first-order chi connectivity index (χ1) is 10.7. The summed E-state index contributed by atoms with van der Waals surface area (Å²) in [7, 11) is 0. The van der Waals surface area contributed by atoms with E-state index in [9.17, 15) is 10.1 Å². The van der Waals surface area contributed by atoms with Crippen LogP contribution in [0.15, 0.2) is 24.3 Å². The zero-order chi connectivity index (χ0) is 15.5. The lowest BCUT2D eigenvalue weighted by molar-refractivity contribution is 0.0697. The van der Waals surface area contributed by atoms with Crippen LogP contribution in [0.4, 0.5) is 0 Å². The molecule has 1 aliphatic carbocycles. The van der Waals surface area contributed by atoms with E-state index in [-0.39, 0.29) is 11.5 Å². The first kappa shape index (κ1) is 14.3. The van der Waals surface area contributed by atoms with Crippen LogP contribution in [0.25, 0.3) is 5.69 Å². The Morgan fingerprint density at radius 2 is 2.09 bits per heavy atom. The fourth-order valence-electron chi connectivity index (χ4n) is 3.07. The van der Waals surface area contributed by atoms with Gasteiger partial charge in [-0.3, -0.25) is 0 Å². The molecule has 0 aliphatic heterocycles. The van der Waals surface area contributed by atoms with E-state index in [1.165, 1.54) is 12.5 Å². The summed E-state index contributed by atoms with van der Waals surface area (Å²) >= 11 is 0. The van der Waals surface area contributed by atoms with Gasteiger partial charge in [0.25, 0.3) is 0 Å². The number of carbonyl (C=O) groups is 1. The maximum Gasteiger partial charge on any atom is 0.335 e. The van der Waals surface area contributed by atoms with Crippen molar-refractivity contribution in [2.75, 3.05) is 0 Å². The summed E-state index contributed by atoms with van der Waals surface area (Å²) < 4.78 is 1.63. The number of aromatic nitrogens is 3. The van der Waals surface area contributed by atoms with Crippen molar-refractivity contribution in [3.8, 4) is 11.8 Å². The van der Waals surface area contributed by atoms with Crippen molar-refractivity contribution < 1.29 is 9.90 Å². The third-order valence-electron chi connectivity index (χ3n) is 4.14. The predicted molar refractivity (Wildman–Crippen MR) is 78.9 cm³/mol. The minimum atomic E-state index is -0.985. The molecule has 0 saturated heterocycles. The Hall–Kier alpha value is -2.68. The van der Waals surface area contributed by atoms with Crippen molar-refractivity contribution in [1.29, 1.82) is 5.26 Å². The first-order valence-corrected chi connectivity index (χ1v) is 7.40. The Bertz CT molecular complexity index is 739. The molecule has 112 valence electrons. The monoisotopic (exact) mass is 296 g/mol. The molecule has 0 spiro atoms. The highest BCUT2D eigenvalue weighted by Gasteiger charge is 2.25. The van der Waals surface area contributed by atoms with Crippen LogP contribution in [0.5, 0.6) is 0 Å². The maximum atomic E-state index is 11.1. The number of carboxylic acid groups (broad SMARTS) is 1. The van der Waals surface area contributed by atoms with Crippen LogP contribution in [0.3, 0.4) is 0 Å². The molecule has 0 radical (unpaired) electrons. The summed E-state index contributed by atoms with van der Waals surface area (Å²) in [5.74, 6) is -0.728. The van der Waals surface area contributed by atoms with Crippen LogP contribution < -0.4 is 0 Å². The molecule has 1 aliphatic rings. The fourth-order valence-corrected chi connectivity index (χ4v) is 3.07. The summed E-state index contributed by atoms with van der Waals surface area (Å²) in [6.45, 7) is 0. The molecule has 6 nitrogen and oxygen atoms in total. The van der Waals surface area contributed by atoms with Gasteiger partial charge in [-0.2, -0.15) is 5.26 Å². The molecular weight excluding hydrogens is 280 g/mol. The number of carboxylic acids is 1. The van der Waals surface area contributed by atoms with E-state index in [0.717, 1.165) is 31.4 Å². The molecule has 1 heterocycles. The standard InChI is InChI=1S/C16H16N4O2/c17-10-14-15(11-5-2-1-3-6-11)20(19-18-14)13-8-4-7-12(9-13)16(21)22/h4,7-9,11H,1-3,5-6H2,(H,21,22). The van der Waals surface area contributed by atoms with Crippen LogP contribution >= 0.6 is 0 Å². The Labute approximate surface area is 128 Å². The molecule has 0 unspecified atom stereocenters. The van der Waals surface area contributed by atoms with Crippen molar-refractivity contribution in [3.63, 3.8) is 0 Å². The number of hydrogen-bond acceptors (Lipinski definition) is 4. The second-order valence-electron chi connectivity index (χ2n) is 5.54. The van der Waals surface area contributed by atoms with Crippen molar-refractivity contribution in [3.05, 3.63) is 41.2 Å². The van der Waals surface area contributed by atoms with Gasteiger partial charge in [-0.1, -0.05) is 30.5 Å². The van der Waals surface area contributed by atoms with Crippen LogP contribution in [-0.4, -0.2) is 26.1 Å². The second-order valence-corrected chi connectivity index (χ2v) is 5.54. The Kier molecular flexibility index (Phi) is 3.88. The number of nitriles is 1. The normalized spacial score (nSPS) is 15.4. The Morgan fingerprint density at radius 3 is 2.77 bits per heavy atom. The average molecular weight is 296 g/mol. The molecule has 0 amide bonds. The van der Waals surface area contributed by atoms with Crippen molar-refractivity contribution >= 4 is 5.97 Å². The summed E-state index contributed by atoms with van der Waals surface area (Å²) in [5.41, 5.74) is 1.98. The van der Waals surface area contributed by atoms with Crippen molar-refractivity contribution in [1.82, 2.24) is 15.0 Å². The third-order valence-corrected chi connectivity index (χ3v) is 4.14. The molecule has 1 saturated carbocycles. The van der Waals surface area contributed by atoms with Crippen LogP contribution in [0.1, 0.15) is 59.8 Å². The molecule has 1 fully saturated rings. The largest absolute Gasteiger partial charge is 0.478 e. The molecule has 2 aromatic rings. The number of benzene rings is 1. The lowest BCUT2D eigenvalue weighted by Crippen LogP contribution is -2.12. The number of aromatic carboxylic acids is 1. The van der Waals surface area contributed by atoms with Gasteiger partial charge in [0.15, 0.2) is 5.69 Å². The van der Waals surface area contributed by atoms with E-state index >= 15 is 0 Å². The Morgan fingerprint density at radius 1 is 1.32 bits per heavy atom. The van der Waals surface area contributed by atoms with Crippen molar-refractivity contribution in [2.45, 2.75) is 38.0 Å². The highest BCUT2D eigenvalue weighted by molar-refractivity contribution is 5.88. The Balaban J connectivity index is 2.07. The summed E-state index contributed by atoms with van der Waals surface area (Å²) in [6.07, 6.45) is 5.52. The molecule has 1 aromatic carbocycles. The fraction of sp³-hybridized carbons (Fsp3) is 0.375. The highest BCUT2D eigenvalue weighted by atomic mass is 16.4. The minimum Gasteiger partial charge on any atom is -0.478 e. The first-order valence-electron chi connectivity index (χ1n) is 7.40. The van der Waals surface area contributed by atoms with E-state index in [2.05, 4.69) is 16.4 Å². The third kappa shape index (κ3) is 2.58. The molecule has 1 N–H and O–H groups in total. The average Bonchev–Trinajstić information content (AvgIpc) is 2.99. The smallest absolute Gasteiger partial charge is 0.335 e. The van der Waals surface area contributed by atoms with Gasteiger partial charge in [0.2, 0.25) is 0 Å². The van der Waals surface area contributed by atoms with Gasteiger partial charge in [-0.05, 0) is 31.0 Å². The maximum absolute atomic E-state index is 11.1. The van der Waals surface area contributed by atoms with E-state index in [1.807, 2.05) is 0 Å². The van der Waals surface area contributed by atoms with Gasteiger partial charge in [0, 0.05) is 5.92 Å². The van der Waals surface area contributed by atoms with Gasteiger partial charge < -0.3 is 5.11 Å². The molecular formula is C16H16N4O2. The number of hydrogen-bond donors (Lipinski definition) is 1. The van der Waals surface area contributed by atoms with Gasteiger partial charge in [0.05, 0.1) is 16.9 Å². The van der Waals surface area contributed by atoms with Crippen LogP contribution in [0.2, 0.25) is 0 Å². The van der Waals surface area contributed by atoms with Crippen LogP contribution in [0, 0.1) is 11.3 Å². The zero-order valence-electron chi connectivity index (χ0n) is 12.1. The van der Waals surface area contributed by atoms with Gasteiger partial charge in [-0.25, -0.2) is 9.48 Å². The molecule has 0 bridgehead atoms. The van der Waals surface area contributed by atoms with Crippen molar-refractivity contribution in [2.24, 2.45) is 0 Å². The lowest BCUT2D eigenvalue weighted by atomic mass is 9.86. The predicted octanol–water partition coefficient (Wildman–Crippen LogP) is 2.88. The SMILES string of the molecule is N#Cc1nnn(-c2cccc(C(=O)O)c2)c1C1CCCCC1. The molecule has 1 aromatic heterocycles. The summed E-state index contributed by atoms with van der Waals surface area (Å²) in [4.78, 5) is 11.1. The summed E-state index contributed by atoms with van der Waals surface area (Å²) in [6, 6.07) is 8.67. The van der Waals surface area contributed by atoms with Gasteiger partial charge in [-0.15, -0.1) is 5.10 Å². The van der Waals surface area contributed by atoms with E-state index in [1.54, 1.807) is 22.9 Å². The quantitative estimate of drug-likeness (QED) is 0.940. The molecule has 0 atom stereocenters. The van der Waals surface area contributed by atoms with E-state index in [0.29, 0.717) is 11.4 Å². The lowest BCUT2D eigenvalue weighted by Gasteiger charge is -2.22. The topological polar surface area (TPSA) is 91.8 Å². The zero-order valence-corrected chi connectivity index (χ0v) is 12.1. The van der Waals surface area contributed by atoms with Gasteiger partial charge in [0.1, 0.15) is 6.07 Å². The molecule has 6 heteroatoms. The minimum absolute atomic E-state index is 0.195. The van der Waals surface area contributed by atoms with E-state index in [4.69, 9.17) is 5.11 Å². The molecule has 22 heavy (non-hydrogen) atoms. The van der Waals surface area contributed by atoms with E-state index < -0.39 is 5.97 Å². The van der Waals surface area contributed by atoms with Gasteiger partial charge >= 0.3 is 5.97 Å². The second kappa shape index (κ2) is 5.98. The van der Waals surface area contributed by atoms with Crippen LogP contribution in [-0.2, 0) is 0 Å². The highest BCUT2D eigenvalue weighted by Crippen LogP contribution is 2.34. The molecule has 3 rings (SSSR count). The summed E-state index contributed by atoms with van der Waals surface area (Å²) in [5, 5.41) is 26.5. The number of rotatable bonds is 3. The number of nitrogens with zero attached hydrogens (tertiary/aromatic N) is 4.